The maximum atomic E-state index is 13.5. The SMILES string of the molecule is Fc1cccc(-c2nc3cc(N=Cc4ccc(-c5ccc(Br)cc5)o4)ccc3o2)c1. The standard InChI is InChI=1S/C24H14BrFN2O2/c25-17-6-4-15(5-7-17)22-11-9-20(29-22)14-27-19-8-10-23-21(13-19)28-24(30-23)16-2-1-3-18(26)12-16/h1-14H. The molecule has 146 valence electrons. The molecule has 0 atom stereocenters. The predicted octanol–water partition coefficient (Wildman–Crippen LogP) is 7.41. The first-order valence-electron chi connectivity index (χ1n) is 9.20. The van der Waals surface area contributed by atoms with E-state index in [1.54, 1.807) is 24.4 Å². The highest BCUT2D eigenvalue weighted by Gasteiger charge is 2.09. The molecule has 0 radical (unpaired) electrons. The molecule has 0 saturated heterocycles. The van der Waals surface area contributed by atoms with Crippen molar-refractivity contribution in [3.05, 3.63) is 94.9 Å². The zero-order valence-corrected chi connectivity index (χ0v) is 17.1. The number of aromatic nitrogens is 1. The Labute approximate surface area is 179 Å². The Morgan fingerprint density at radius 2 is 1.73 bits per heavy atom. The summed E-state index contributed by atoms with van der Waals surface area (Å²) in [6.45, 7) is 0. The van der Waals surface area contributed by atoms with Crippen molar-refractivity contribution in [1.29, 1.82) is 0 Å². The Bertz CT molecular complexity index is 1370. The Hall–Kier alpha value is -3.51. The van der Waals surface area contributed by atoms with E-state index in [4.69, 9.17) is 8.83 Å². The van der Waals surface area contributed by atoms with Gasteiger partial charge in [0.25, 0.3) is 0 Å². The summed E-state index contributed by atoms with van der Waals surface area (Å²) in [5, 5.41) is 0. The average Bonchev–Trinajstić information content (AvgIpc) is 3.39. The molecule has 30 heavy (non-hydrogen) atoms. The Balaban J connectivity index is 1.39. The molecule has 0 bridgehead atoms. The van der Waals surface area contributed by atoms with Crippen molar-refractivity contribution in [2.24, 2.45) is 4.99 Å². The van der Waals surface area contributed by atoms with Crippen LogP contribution in [0.2, 0.25) is 0 Å². The topological polar surface area (TPSA) is 51.5 Å². The van der Waals surface area contributed by atoms with Gasteiger partial charge in [0.2, 0.25) is 5.89 Å². The van der Waals surface area contributed by atoms with E-state index in [1.165, 1.54) is 12.1 Å². The van der Waals surface area contributed by atoms with Crippen LogP contribution in [0, 0.1) is 5.82 Å². The fraction of sp³-hybridized carbons (Fsp3) is 0. The van der Waals surface area contributed by atoms with E-state index in [-0.39, 0.29) is 5.82 Å². The van der Waals surface area contributed by atoms with Crippen molar-refractivity contribution in [3.63, 3.8) is 0 Å². The zero-order valence-electron chi connectivity index (χ0n) is 15.5. The van der Waals surface area contributed by atoms with E-state index in [0.29, 0.717) is 34.0 Å². The smallest absolute Gasteiger partial charge is 0.227 e. The van der Waals surface area contributed by atoms with Crippen LogP contribution in [0.4, 0.5) is 10.1 Å². The lowest BCUT2D eigenvalue weighted by Crippen LogP contribution is -1.79. The predicted molar refractivity (Wildman–Crippen MR) is 119 cm³/mol. The van der Waals surface area contributed by atoms with Crippen LogP contribution >= 0.6 is 15.9 Å². The van der Waals surface area contributed by atoms with Crippen LogP contribution in [0.3, 0.4) is 0 Å². The summed E-state index contributed by atoms with van der Waals surface area (Å²) in [4.78, 5) is 8.93. The number of fused-ring (bicyclic) bond motifs is 1. The first-order valence-corrected chi connectivity index (χ1v) is 10.00. The molecular weight excluding hydrogens is 447 g/mol. The molecule has 0 N–H and O–H groups in total. The lowest BCUT2D eigenvalue weighted by molar-refractivity contribution is 0.575. The number of furan rings is 1. The highest BCUT2D eigenvalue weighted by molar-refractivity contribution is 9.10. The van der Waals surface area contributed by atoms with E-state index in [2.05, 4.69) is 25.9 Å². The second-order valence-corrected chi connectivity index (χ2v) is 7.56. The van der Waals surface area contributed by atoms with Gasteiger partial charge in [0.05, 0.1) is 11.9 Å². The van der Waals surface area contributed by atoms with Crippen molar-refractivity contribution in [2.75, 3.05) is 0 Å². The Morgan fingerprint density at radius 1 is 0.867 bits per heavy atom. The fourth-order valence-corrected chi connectivity index (χ4v) is 3.34. The fourth-order valence-electron chi connectivity index (χ4n) is 3.07. The molecule has 0 aliphatic rings. The molecule has 0 fully saturated rings. The molecule has 0 spiro atoms. The van der Waals surface area contributed by atoms with Crippen LogP contribution in [0.5, 0.6) is 0 Å². The van der Waals surface area contributed by atoms with Gasteiger partial charge in [0.15, 0.2) is 5.58 Å². The van der Waals surface area contributed by atoms with Gasteiger partial charge in [-0.2, -0.15) is 0 Å². The molecule has 4 nitrogen and oxygen atoms in total. The maximum Gasteiger partial charge on any atom is 0.227 e. The zero-order chi connectivity index (χ0) is 20.5. The third-order valence-electron chi connectivity index (χ3n) is 4.54. The number of hydrogen-bond donors (Lipinski definition) is 0. The Morgan fingerprint density at radius 3 is 2.57 bits per heavy atom. The van der Waals surface area contributed by atoms with E-state index in [1.807, 2.05) is 48.5 Å². The third kappa shape index (κ3) is 3.82. The molecule has 5 rings (SSSR count). The lowest BCUT2D eigenvalue weighted by atomic mass is 10.2. The summed E-state index contributed by atoms with van der Waals surface area (Å²) < 4.78 is 26.1. The van der Waals surface area contributed by atoms with Crippen LogP contribution in [0.25, 0.3) is 33.9 Å². The minimum absolute atomic E-state index is 0.332. The molecule has 0 unspecified atom stereocenters. The number of halogens is 2. The molecule has 6 heteroatoms. The molecule has 0 aliphatic carbocycles. The largest absolute Gasteiger partial charge is 0.455 e. The van der Waals surface area contributed by atoms with E-state index >= 15 is 0 Å². The average molecular weight is 461 g/mol. The molecule has 0 saturated carbocycles. The van der Waals surface area contributed by atoms with Gasteiger partial charge >= 0.3 is 0 Å². The van der Waals surface area contributed by atoms with Crippen molar-refractivity contribution < 1.29 is 13.2 Å². The summed E-state index contributed by atoms with van der Waals surface area (Å²) in [5.74, 6) is 1.46. The van der Waals surface area contributed by atoms with Crippen molar-refractivity contribution in [3.8, 4) is 22.8 Å². The minimum atomic E-state index is -0.332. The second kappa shape index (κ2) is 7.72. The van der Waals surface area contributed by atoms with E-state index < -0.39 is 0 Å². The summed E-state index contributed by atoms with van der Waals surface area (Å²) in [6.07, 6.45) is 1.66. The van der Waals surface area contributed by atoms with Gasteiger partial charge in [0.1, 0.15) is 22.9 Å². The highest BCUT2D eigenvalue weighted by Crippen LogP contribution is 2.28. The van der Waals surface area contributed by atoms with Gasteiger partial charge in [-0.15, -0.1) is 0 Å². The summed E-state index contributed by atoms with van der Waals surface area (Å²) in [7, 11) is 0. The van der Waals surface area contributed by atoms with Crippen molar-refractivity contribution in [1.82, 2.24) is 4.98 Å². The summed E-state index contributed by atoms with van der Waals surface area (Å²) in [6, 6.07) is 23.3. The summed E-state index contributed by atoms with van der Waals surface area (Å²) >= 11 is 3.43. The number of oxazole rings is 1. The van der Waals surface area contributed by atoms with Gasteiger partial charge in [-0.25, -0.2) is 9.37 Å². The van der Waals surface area contributed by atoms with E-state index in [0.717, 1.165) is 15.8 Å². The maximum absolute atomic E-state index is 13.5. The van der Waals surface area contributed by atoms with Crippen molar-refractivity contribution >= 4 is 38.9 Å². The molecule has 0 aliphatic heterocycles. The second-order valence-electron chi connectivity index (χ2n) is 6.65. The molecule has 3 aromatic carbocycles. The molecule has 2 aromatic heterocycles. The first-order chi connectivity index (χ1) is 14.6. The monoisotopic (exact) mass is 460 g/mol. The number of aliphatic imine (C=N–C) groups is 1. The van der Waals surface area contributed by atoms with Gasteiger partial charge < -0.3 is 8.83 Å². The third-order valence-corrected chi connectivity index (χ3v) is 5.07. The van der Waals surface area contributed by atoms with Gasteiger partial charge in [-0.05, 0) is 60.7 Å². The van der Waals surface area contributed by atoms with Crippen LogP contribution in [0.15, 0.2) is 97.2 Å². The van der Waals surface area contributed by atoms with Gasteiger partial charge in [-0.3, -0.25) is 4.99 Å². The molecule has 2 heterocycles. The molecule has 0 amide bonds. The van der Waals surface area contributed by atoms with Crippen LogP contribution in [-0.2, 0) is 0 Å². The highest BCUT2D eigenvalue weighted by atomic mass is 79.9. The van der Waals surface area contributed by atoms with Gasteiger partial charge in [0, 0.05) is 15.6 Å². The lowest BCUT2D eigenvalue weighted by Gasteiger charge is -1.96. The molecular formula is C24H14BrFN2O2. The normalized spacial score (nSPS) is 11.5. The Kier molecular flexibility index (Phi) is 4.77. The van der Waals surface area contributed by atoms with Crippen LogP contribution in [-0.4, -0.2) is 11.2 Å². The van der Waals surface area contributed by atoms with Crippen molar-refractivity contribution in [2.45, 2.75) is 0 Å². The van der Waals surface area contributed by atoms with Gasteiger partial charge in [-0.1, -0.05) is 34.1 Å². The number of benzene rings is 3. The number of hydrogen-bond acceptors (Lipinski definition) is 4. The van der Waals surface area contributed by atoms with Crippen LogP contribution < -0.4 is 0 Å². The van der Waals surface area contributed by atoms with E-state index in [9.17, 15) is 4.39 Å². The van der Waals surface area contributed by atoms with Crippen LogP contribution in [0.1, 0.15) is 5.76 Å². The summed E-state index contributed by atoms with van der Waals surface area (Å²) in [5.41, 5.74) is 3.56. The number of rotatable bonds is 4. The number of nitrogens with zero attached hydrogens (tertiary/aromatic N) is 2. The molecule has 5 aromatic rings. The minimum Gasteiger partial charge on any atom is -0.455 e. The quantitative estimate of drug-likeness (QED) is 0.262. The first kappa shape index (κ1) is 18.5.